The van der Waals surface area contributed by atoms with Crippen molar-refractivity contribution >= 4 is 11.8 Å². The second kappa shape index (κ2) is 8.08. The van der Waals surface area contributed by atoms with Crippen molar-refractivity contribution in [3.63, 3.8) is 0 Å². The summed E-state index contributed by atoms with van der Waals surface area (Å²) in [5, 5.41) is 4.21. The fourth-order valence-electron chi connectivity index (χ4n) is 2.92. The zero-order valence-electron chi connectivity index (χ0n) is 15.9. The van der Waals surface area contributed by atoms with Crippen LogP contribution in [0.5, 0.6) is 5.75 Å². The van der Waals surface area contributed by atoms with Crippen molar-refractivity contribution < 1.29 is 18.7 Å². The van der Waals surface area contributed by atoms with Crippen molar-refractivity contribution in [2.75, 3.05) is 0 Å². The maximum Gasteiger partial charge on any atom is 0.347 e. The highest BCUT2D eigenvalue weighted by molar-refractivity contribution is 6.09. The molecule has 7 heteroatoms. The summed E-state index contributed by atoms with van der Waals surface area (Å²) in [6, 6.07) is 16.9. The summed E-state index contributed by atoms with van der Waals surface area (Å²) >= 11 is 0. The van der Waals surface area contributed by atoms with E-state index in [0.717, 1.165) is 0 Å². The predicted octanol–water partition coefficient (Wildman–Crippen LogP) is 4.17. The quantitative estimate of drug-likeness (QED) is 0.285. The van der Waals surface area contributed by atoms with Crippen LogP contribution in [0.1, 0.15) is 32.0 Å². The normalized spacial score (nSPS) is 10.6. The summed E-state index contributed by atoms with van der Waals surface area (Å²) in [4.78, 5) is 29.2. The van der Waals surface area contributed by atoms with Gasteiger partial charge in [0, 0.05) is 17.3 Å². The first-order valence-corrected chi connectivity index (χ1v) is 9.11. The lowest BCUT2D eigenvalue weighted by atomic mass is 10.0. The Kier molecular flexibility index (Phi) is 5.17. The first-order chi connectivity index (χ1) is 14.5. The van der Waals surface area contributed by atoms with Crippen molar-refractivity contribution in [2.45, 2.75) is 6.92 Å². The topological polar surface area (TPSA) is 74.1 Å². The molecule has 0 bridgehead atoms. The van der Waals surface area contributed by atoms with Crippen LogP contribution in [-0.2, 0) is 0 Å². The Bertz CT molecular complexity index is 1200. The predicted molar refractivity (Wildman–Crippen MR) is 107 cm³/mol. The third-order valence-corrected chi connectivity index (χ3v) is 4.53. The number of ether oxygens (including phenoxy) is 1. The molecule has 0 unspecified atom stereocenters. The van der Waals surface area contributed by atoms with E-state index in [9.17, 15) is 14.0 Å². The second-order valence-electron chi connectivity index (χ2n) is 6.49. The molecule has 6 nitrogen and oxygen atoms in total. The SMILES string of the molecule is Cc1c(C(=O)Oc2ccc(C(=O)c3ccc(F)cc3)cc2)cnn1-c1ccccn1. The van der Waals surface area contributed by atoms with Crippen LogP contribution in [0.4, 0.5) is 4.39 Å². The van der Waals surface area contributed by atoms with Crippen LogP contribution in [0.3, 0.4) is 0 Å². The lowest BCUT2D eigenvalue weighted by Gasteiger charge is -2.06. The zero-order valence-corrected chi connectivity index (χ0v) is 15.9. The fourth-order valence-corrected chi connectivity index (χ4v) is 2.92. The Morgan fingerprint density at radius 3 is 2.23 bits per heavy atom. The molecule has 2 aromatic carbocycles. The molecule has 2 aromatic heterocycles. The summed E-state index contributed by atoms with van der Waals surface area (Å²) in [5.41, 5.74) is 1.69. The van der Waals surface area contributed by atoms with Gasteiger partial charge in [-0.15, -0.1) is 0 Å². The average molecular weight is 401 g/mol. The van der Waals surface area contributed by atoms with Gasteiger partial charge in [0.25, 0.3) is 0 Å². The molecule has 0 aliphatic rings. The van der Waals surface area contributed by atoms with Crippen LogP contribution in [-0.4, -0.2) is 26.5 Å². The molecule has 4 aromatic rings. The molecule has 4 rings (SSSR count). The van der Waals surface area contributed by atoms with Gasteiger partial charge in [0.05, 0.1) is 11.9 Å². The van der Waals surface area contributed by atoms with E-state index in [1.54, 1.807) is 42.1 Å². The van der Waals surface area contributed by atoms with Crippen LogP contribution in [0.2, 0.25) is 0 Å². The number of halogens is 1. The number of nitrogens with zero attached hydrogens (tertiary/aromatic N) is 3. The first-order valence-electron chi connectivity index (χ1n) is 9.11. The molecule has 148 valence electrons. The number of pyridine rings is 1. The minimum absolute atomic E-state index is 0.250. The standard InChI is InChI=1S/C23H16FN3O3/c1-15-20(14-26-27(15)21-4-2-3-13-25-21)23(29)30-19-11-7-17(8-12-19)22(28)16-5-9-18(24)10-6-16/h2-14H,1H3. The van der Waals surface area contributed by atoms with Gasteiger partial charge < -0.3 is 4.74 Å². The second-order valence-corrected chi connectivity index (χ2v) is 6.49. The van der Waals surface area contributed by atoms with Crippen molar-refractivity contribution in [1.82, 2.24) is 14.8 Å². The Morgan fingerprint density at radius 1 is 0.933 bits per heavy atom. The summed E-state index contributed by atoms with van der Waals surface area (Å²) < 4.78 is 20.0. The molecule has 0 fully saturated rings. The lowest BCUT2D eigenvalue weighted by molar-refractivity contribution is 0.0734. The van der Waals surface area contributed by atoms with Gasteiger partial charge in [-0.25, -0.2) is 18.9 Å². The minimum Gasteiger partial charge on any atom is -0.423 e. The highest BCUT2D eigenvalue weighted by atomic mass is 19.1. The van der Waals surface area contributed by atoms with Crippen LogP contribution < -0.4 is 4.74 Å². The van der Waals surface area contributed by atoms with Gasteiger partial charge in [-0.2, -0.15) is 5.10 Å². The van der Waals surface area contributed by atoms with Gasteiger partial charge >= 0.3 is 5.97 Å². The number of aromatic nitrogens is 3. The number of hydrogen-bond acceptors (Lipinski definition) is 5. The number of ketones is 1. The van der Waals surface area contributed by atoms with Gasteiger partial charge in [-0.3, -0.25) is 4.79 Å². The Balaban J connectivity index is 1.49. The monoisotopic (exact) mass is 401 g/mol. The van der Waals surface area contributed by atoms with Crippen LogP contribution in [0.15, 0.2) is 79.1 Å². The molecule has 30 heavy (non-hydrogen) atoms. The molecule has 0 atom stereocenters. The molecule has 0 amide bonds. The van der Waals surface area contributed by atoms with E-state index >= 15 is 0 Å². The molecular weight excluding hydrogens is 385 g/mol. The molecule has 0 spiro atoms. The van der Waals surface area contributed by atoms with Crippen LogP contribution in [0, 0.1) is 12.7 Å². The third-order valence-electron chi connectivity index (χ3n) is 4.53. The number of carbonyl (C=O) groups is 2. The largest absolute Gasteiger partial charge is 0.423 e. The van der Waals surface area contributed by atoms with Crippen molar-refractivity contribution in [2.24, 2.45) is 0 Å². The smallest absolute Gasteiger partial charge is 0.347 e. The number of rotatable bonds is 5. The third kappa shape index (κ3) is 3.86. The lowest BCUT2D eigenvalue weighted by Crippen LogP contribution is -2.10. The Morgan fingerprint density at radius 2 is 1.60 bits per heavy atom. The van der Waals surface area contributed by atoms with Crippen molar-refractivity contribution in [3.05, 3.63) is 107 Å². The van der Waals surface area contributed by atoms with E-state index in [-0.39, 0.29) is 5.78 Å². The summed E-state index contributed by atoms with van der Waals surface area (Å²) in [6.07, 6.45) is 3.07. The molecule has 0 saturated heterocycles. The number of carbonyl (C=O) groups excluding carboxylic acids is 2. The molecule has 0 aliphatic heterocycles. The van der Waals surface area contributed by atoms with E-state index < -0.39 is 11.8 Å². The summed E-state index contributed by atoms with van der Waals surface area (Å²) in [6.45, 7) is 1.75. The first kappa shape index (κ1) is 19.2. The molecule has 0 N–H and O–H groups in total. The Hall–Kier alpha value is -4.13. The van der Waals surface area contributed by atoms with Gasteiger partial charge in [0.2, 0.25) is 0 Å². The number of esters is 1. The maximum absolute atomic E-state index is 13.0. The van der Waals surface area contributed by atoms with Crippen LogP contribution in [0.25, 0.3) is 5.82 Å². The zero-order chi connectivity index (χ0) is 21.1. The van der Waals surface area contributed by atoms with E-state index in [4.69, 9.17) is 4.74 Å². The maximum atomic E-state index is 13.0. The van der Waals surface area contributed by atoms with Gasteiger partial charge in [-0.05, 0) is 67.6 Å². The highest BCUT2D eigenvalue weighted by Crippen LogP contribution is 2.19. The van der Waals surface area contributed by atoms with Crippen molar-refractivity contribution in [3.8, 4) is 11.6 Å². The molecule has 0 aliphatic carbocycles. The number of benzene rings is 2. The Labute approximate surface area is 171 Å². The fraction of sp³-hybridized carbons (Fsp3) is 0.0435. The van der Waals surface area contributed by atoms with Crippen LogP contribution >= 0.6 is 0 Å². The molecule has 2 heterocycles. The molecule has 0 radical (unpaired) electrons. The van der Waals surface area contributed by atoms with E-state index in [1.807, 2.05) is 6.07 Å². The van der Waals surface area contributed by atoms with Gasteiger partial charge in [0.15, 0.2) is 11.6 Å². The van der Waals surface area contributed by atoms with E-state index in [1.165, 1.54) is 42.6 Å². The summed E-state index contributed by atoms with van der Waals surface area (Å²) in [7, 11) is 0. The highest BCUT2D eigenvalue weighted by Gasteiger charge is 2.18. The molecular formula is C23H16FN3O3. The minimum atomic E-state index is -0.563. The summed E-state index contributed by atoms with van der Waals surface area (Å²) in [5.74, 6) is -0.332. The van der Waals surface area contributed by atoms with Crippen molar-refractivity contribution in [1.29, 1.82) is 0 Å². The van der Waals surface area contributed by atoms with Gasteiger partial charge in [0.1, 0.15) is 17.1 Å². The van der Waals surface area contributed by atoms with E-state index in [2.05, 4.69) is 10.1 Å². The van der Waals surface area contributed by atoms with E-state index in [0.29, 0.717) is 34.0 Å². The number of hydrogen-bond donors (Lipinski definition) is 0. The van der Waals surface area contributed by atoms with Gasteiger partial charge in [-0.1, -0.05) is 6.07 Å². The molecule has 0 saturated carbocycles. The average Bonchev–Trinajstić information content (AvgIpc) is 3.16.